The molecule has 1 aromatic heterocycles. The van der Waals surface area contributed by atoms with Gasteiger partial charge in [-0.3, -0.25) is 0 Å². The first kappa shape index (κ1) is 10.8. The van der Waals surface area contributed by atoms with Crippen LogP contribution in [0.4, 0.5) is 0 Å². The van der Waals surface area contributed by atoms with E-state index in [0.717, 1.165) is 5.76 Å². The Bertz CT molecular complexity index is 255. The van der Waals surface area contributed by atoms with Crippen molar-refractivity contribution in [1.82, 2.24) is 0 Å². The number of hydrogen-bond acceptors (Lipinski definition) is 2. The summed E-state index contributed by atoms with van der Waals surface area (Å²) in [6.45, 7) is 8.06. The average molecular weight is 165 g/mol. The van der Waals surface area contributed by atoms with E-state index in [9.17, 15) is 0 Å². The quantitative estimate of drug-likeness (QED) is 0.640. The van der Waals surface area contributed by atoms with Gasteiger partial charge in [0.25, 0.3) is 0 Å². The second-order valence-corrected chi connectivity index (χ2v) is 2.47. The fraction of sp³-hybridized carbons (Fsp3) is 0.500. The maximum atomic E-state index is 8.39. The monoisotopic (exact) mass is 165 g/mol. The third-order valence-corrected chi connectivity index (χ3v) is 1.31. The molecule has 0 aromatic carbocycles. The Morgan fingerprint density at radius 2 is 1.92 bits per heavy atom. The number of nitrogens with zero attached hydrogens (tertiary/aromatic N) is 1. The summed E-state index contributed by atoms with van der Waals surface area (Å²) in [5.74, 6) is 1.63. The third kappa shape index (κ3) is 2.79. The molecule has 0 fully saturated rings. The van der Waals surface area contributed by atoms with E-state index < -0.39 is 0 Å². The minimum absolute atomic E-state index is 0.363. The van der Waals surface area contributed by atoms with Crippen LogP contribution in [0.15, 0.2) is 16.5 Å². The SMILES string of the molecule is CC.CC(C)c1ccc(C#N)o1. The molecular weight excluding hydrogens is 150 g/mol. The van der Waals surface area contributed by atoms with Crippen LogP contribution in [-0.4, -0.2) is 0 Å². The minimum Gasteiger partial charge on any atom is -0.450 e. The normalized spacial score (nSPS) is 8.67. The number of nitriles is 1. The maximum absolute atomic E-state index is 8.39. The van der Waals surface area contributed by atoms with Crippen molar-refractivity contribution in [1.29, 1.82) is 5.26 Å². The van der Waals surface area contributed by atoms with Gasteiger partial charge in [-0.25, -0.2) is 0 Å². The molecule has 2 heteroatoms. The molecule has 0 unspecified atom stereocenters. The standard InChI is InChI=1S/C8H9NO.C2H6/c1-6(2)8-4-3-7(5-9)10-8;1-2/h3-4,6H,1-2H3;1-2H3. The molecule has 0 spiro atoms. The van der Waals surface area contributed by atoms with Crippen molar-refractivity contribution in [3.63, 3.8) is 0 Å². The predicted molar refractivity (Wildman–Crippen MR) is 48.9 cm³/mol. The van der Waals surface area contributed by atoms with Gasteiger partial charge in [0, 0.05) is 5.92 Å². The molecule has 1 aromatic rings. The van der Waals surface area contributed by atoms with Crippen molar-refractivity contribution in [3.05, 3.63) is 23.7 Å². The fourth-order valence-corrected chi connectivity index (χ4v) is 0.723. The van der Waals surface area contributed by atoms with E-state index >= 15 is 0 Å². The van der Waals surface area contributed by atoms with Gasteiger partial charge in [-0.15, -0.1) is 0 Å². The largest absolute Gasteiger partial charge is 0.450 e. The van der Waals surface area contributed by atoms with Crippen LogP contribution in [0, 0.1) is 11.3 Å². The van der Waals surface area contributed by atoms with Crippen LogP contribution >= 0.6 is 0 Å². The van der Waals surface area contributed by atoms with E-state index in [-0.39, 0.29) is 0 Å². The lowest BCUT2D eigenvalue weighted by Gasteiger charge is -1.95. The molecule has 0 saturated heterocycles. The second-order valence-electron chi connectivity index (χ2n) is 2.47. The molecule has 2 nitrogen and oxygen atoms in total. The molecule has 0 amide bonds. The lowest BCUT2D eigenvalue weighted by Crippen LogP contribution is -1.80. The zero-order valence-electron chi connectivity index (χ0n) is 8.09. The summed E-state index contributed by atoms with van der Waals surface area (Å²) in [7, 11) is 0. The van der Waals surface area contributed by atoms with Crippen molar-refractivity contribution in [2.24, 2.45) is 0 Å². The molecule has 0 radical (unpaired) electrons. The van der Waals surface area contributed by atoms with Crippen molar-refractivity contribution in [3.8, 4) is 6.07 Å². The molecule has 0 N–H and O–H groups in total. The van der Waals surface area contributed by atoms with Gasteiger partial charge in [-0.2, -0.15) is 5.26 Å². The highest BCUT2D eigenvalue weighted by Gasteiger charge is 2.03. The van der Waals surface area contributed by atoms with Gasteiger partial charge in [0.2, 0.25) is 5.76 Å². The first-order chi connectivity index (χ1) is 5.74. The number of rotatable bonds is 1. The van der Waals surface area contributed by atoms with Crippen molar-refractivity contribution >= 4 is 0 Å². The van der Waals surface area contributed by atoms with Crippen molar-refractivity contribution < 1.29 is 4.42 Å². The van der Waals surface area contributed by atoms with Crippen LogP contribution in [0.1, 0.15) is 45.1 Å². The Morgan fingerprint density at radius 3 is 2.17 bits per heavy atom. The first-order valence-electron chi connectivity index (χ1n) is 4.24. The van der Waals surface area contributed by atoms with Gasteiger partial charge in [-0.05, 0) is 12.1 Å². The van der Waals surface area contributed by atoms with Crippen molar-refractivity contribution in [2.45, 2.75) is 33.6 Å². The van der Waals surface area contributed by atoms with Gasteiger partial charge < -0.3 is 4.42 Å². The molecule has 66 valence electrons. The topological polar surface area (TPSA) is 36.9 Å². The highest BCUT2D eigenvalue weighted by molar-refractivity contribution is 5.20. The number of furan rings is 1. The van der Waals surface area contributed by atoms with E-state index in [1.54, 1.807) is 6.07 Å². The molecule has 0 saturated carbocycles. The van der Waals surface area contributed by atoms with Crippen molar-refractivity contribution in [2.75, 3.05) is 0 Å². The number of hydrogen-bond donors (Lipinski definition) is 0. The average Bonchev–Trinajstić information content (AvgIpc) is 2.55. The summed E-state index contributed by atoms with van der Waals surface area (Å²) in [6, 6.07) is 5.46. The van der Waals surface area contributed by atoms with E-state index in [2.05, 4.69) is 0 Å². The maximum Gasteiger partial charge on any atom is 0.203 e. The molecule has 0 aliphatic rings. The lowest BCUT2D eigenvalue weighted by atomic mass is 10.2. The zero-order valence-corrected chi connectivity index (χ0v) is 8.09. The summed E-state index contributed by atoms with van der Waals surface area (Å²) in [4.78, 5) is 0. The van der Waals surface area contributed by atoms with Gasteiger partial charge in [-0.1, -0.05) is 27.7 Å². The highest BCUT2D eigenvalue weighted by atomic mass is 16.3. The summed E-state index contributed by atoms with van der Waals surface area (Å²) < 4.78 is 5.13. The lowest BCUT2D eigenvalue weighted by molar-refractivity contribution is 0.477. The smallest absolute Gasteiger partial charge is 0.203 e. The van der Waals surface area contributed by atoms with Gasteiger partial charge in [0.05, 0.1) is 0 Å². The van der Waals surface area contributed by atoms with Crippen LogP contribution < -0.4 is 0 Å². The Morgan fingerprint density at radius 1 is 1.33 bits per heavy atom. The molecule has 0 atom stereocenters. The van der Waals surface area contributed by atoms with E-state index in [4.69, 9.17) is 9.68 Å². The minimum atomic E-state index is 0.363. The van der Waals surface area contributed by atoms with E-state index in [0.29, 0.717) is 11.7 Å². The molecule has 12 heavy (non-hydrogen) atoms. The summed E-state index contributed by atoms with van der Waals surface area (Å²) in [5.41, 5.74) is 0. The molecule has 0 aliphatic carbocycles. The third-order valence-electron chi connectivity index (χ3n) is 1.31. The molecule has 1 rings (SSSR count). The predicted octanol–water partition coefficient (Wildman–Crippen LogP) is 3.30. The van der Waals surface area contributed by atoms with Gasteiger partial charge in [0.15, 0.2) is 0 Å². The van der Waals surface area contributed by atoms with Gasteiger partial charge in [0.1, 0.15) is 11.8 Å². The highest BCUT2D eigenvalue weighted by Crippen LogP contribution is 2.16. The Balaban J connectivity index is 0.000000561. The van der Waals surface area contributed by atoms with E-state index in [1.165, 1.54) is 0 Å². The van der Waals surface area contributed by atoms with Crippen LogP contribution in [0.2, 0.25) is 0 Å². The van der Waals surface area contributed by atoms with Gasteiger partial charge >= 0.3 is 0 Å². The second kappa shape index (κ2) is 5.42. The molecule has 0 aliphatic heterocycles. The van der Waals surface area contributed by atoms with Crippen LogP contribution in [0.5, 0.6) is 0 Å². The molecular formula is C10H15NO. The summed E-state index contributed by atoms with van der Waals surface area (Å²) in [5, 5.41) is 8.39. The van der Waals surface area contributed by atoms with Crippen LogP contribution in [-0.2, 0) is 0 Å². The van der Waals surface area contributed by atoms with Crippen LogP contribution in [0.3, 0.4) is 0 Å². The molecule has 0 bridgehead atoms. The first-order valence-corrected chi connectivity index (χ1v) is 4.24. The molecule has 1 heterocycles. The Kier molecular flexibility index (Phi) is 4.87. The van der Waals surface area contributed by atoms with E-state index in [1.807, 2.05) is 39.8 Å². The fourth-order valence-electron chi connectivity index (χ4n) is 0.723. The van der Waals surface area contributed by atoms with Crippen LogP contribution in [0.25, 0.3) is 0 Å². The zero-order chi connectivity index (χ0) is 9.56. The summed E-state index contributed by atoms with van der Waals surface area (Å²) in [6.07, 6.45) is 0. The Hall–Kier alpha value is -1.23. The summed E-state index contributed by atoms with van der Waals surface area (Å²) >= 11 is 0. The Labute approximate surface area is 73.8 Å².